The Morgan fingerprint density at radius 3 is 2.41 bits per heavy atom. The predicted molar refractivity (Wildman–Crippen MR) is 127 cm³/mol. The zero-order valence-electron chi connectivity index (χ0n) is 20.4. The zero-order chi connectivity index (χ0) is 22.5. The Labute approximate surface area is 194 Å². The van der Waals surface area contributed by atoms with Crippen LogP contribution in [0.3, 0.4) is 0 Å². The van der Waals surface area contributed by atoms with Gasteiger partial charge in [-0.25, -0.2) is 0 Å². The Bertz CT molecular complexity index is 634. The van der Waals surface area contributed by atoms with E-state index in [1.54, 1.807) is 6.92 Å². The van der Waals surface area contributed by atoms with Gasteiger partial charge in [0.05, 0.1) is 0 Å². The number of hydrogen-bond donors (Lipinski definition) is 1. The summed E-state index contributed by atoms with van der Waals surface area (Å²) in [6, 6.07) is 0.984. The van der Waals surface area contributed by atoms with E-state index < -0.39 is 0 Å². The van der Waals surface area contributed by atoms with Gasteiger partial charge in [-0.1, -0.05) is 6.92 Å². The minimum atomic E-state index is 0.170. The maximum absolute atomic E-state index is 12.5. The van der Waals surface area contributed by atoms with Crippen molar-refractivity contribution >= 4 is 11.8 Å². The van der Waals surface area contributed by atoms with Gasteiger partial charge in [0, 0.05) is 71.2 Å². The normalized spacial score (nSPS) is 31.9. The Morgan fingerprint density at radius 1 is 0.969 bits per heavy atom. The van der Waals surface area contributed by atoms with Crippen LogP contribution in [0.1, 0.15) is 58.8 Å². The van der Waals surface area contributed by atoms with Crippen molar-refractivity contribution in [3.63, 3.8) is 0 Å². The molecule has 0 aromatic carbocycles. The van der Waals surface area contributed by atoms with Gasteiger partial charge in [-0.15, -0.1) is 0 Å². The van der Waals surface area contributed by atoms with Crippen molar-refractivity contribution in [3.05, 3.63) is 0 Å². The Kier molecular flexibility index (Phi) is 8.46. The molecule has 0 unspecified atom stereocenters. The molecule has 182 valence electrons. The molecule has 32 heavy (non-hydrogen) atoms. The van der Waals surface area contributed by atoms with E-state index in [4.69, 9.17) is 0 Å². The number of piperazine rings is 1. The Morgan fingerprint density at radius 2 is 1.69 bits per heavy atom. The quantitative estimate of drug-likeness (QED) is 0.613. The largest absolute Gasteiger partial charge is 0.355 e. The molecule has 4 aliphatic heterocycles. The molecule has 4 rings (SSSR count). The van der Waals surface area contributed by atoms with Crippen LogP contribution >= 0.6 is 0 Å². The van der Waals surface area contributed by atoms with Gasteiger partial charge in [-0.2, -0.15) is 0 Å². The molecule has 0 aromatic heterocycles. The molecular formula is C25H45N5O2. The summed E-state index contributed by atoms with van der Waals surface area (Å²) in [6.45, 7) is 14.7. The smallest absolute Gasteiger partial charge is 0.220 e. The first-order valence-electron chi connectivity index (χ1n) is 13.3. The van der Waals surface area contributed by atoms with Gasteiger partial charge in [0.15, 0.2) is 0 Å². The zero-order valence-corrected chi connectivity index (χ0v) is 20.4. The summed E-state index contributed by atoms with van der Waals surface area (Å²) in [7, 11) is 0. The third kappa shape index (κ3) is 5.65. The topological polar surface area (TPSA) is 59.1 Å². The van der Waals surface area contributed by atoms with E-state index in [1.807, 2.05) is 0 Å². The monoisotopic (exact) mass is 447 g/mol. The van der Waals surface area contributed by atoms with Crippen LogP contribution in [0.5, 0.6) is 0 Å². The molecule has 7 heteroatoms. The van der Waals surface area contributed by atoms with Gasteiger partial charge >= 0.3 is 0 Å². The van der Waals surface area contributed by atoms with Gasteiger partial charge in [0.25, 0.3) is 0 Å². The maximum Gasteiger partial charge on any atom is 0.220 e. The van der Waals surface area contributed by atoms with Crippen LogP contribution in [0.25, 0.3) is 0 Å². The highest BCUT2D eigenvalue weighted by molar-refractivity contribution is 5.76. The molecule has 0 spiro atoms. The van der Waals surface area contributed by atoms with Crippen LogP contribution < -0.4 is 5.32 Å². The molecule has 4 atom stereocenters. The first-order valence-corrected chi connectivity index (χ1v) is 13.3. The number of nitrogens with zero attached hydrogens (tertiary/aromatic N) is 4. The standard InChI is InChI=1S/C25H45N5O2/c1-3-27-15-17-28(18-16-27)14-11-26-24(32)10-4-9-23-22-8-6-13-29-12-5-7-21(25(22)29)19-30(23)20(2)31/h21-23,25H,3-19H2,1-2H3,(H,26,32)/t21-,22+,23+,25-/m0/s1. The van der Waals surface area contributed by atoms with Gasteiger partial charge < -0.3 is 15.1 Å². The van der Waals surface area contributed by atoms with Gasteiger partial charge in [0.1, 0.15) is 0 Å². The number of likely N-dealkylation sites (N-methyl/N-ethyl adjacent to an activating group) is 1. The average molecular weight is 448 g/mol. The van der Waals surface area contributed by atoms with Crippen molar-refractivity contribution in [3.8, 4) is 0 Å². The highest BCUT2D eigenvalue weighted by Crippen LogP contribution is 2.43. The minimum absolute atomic E-state index is 0.170. The lowest BCUT2D eigenvalue weighted by molar-refractivity contribution is -0.144. The highest BCUT2D eigenvalue weighted by Gasteiger charge is 2.48. The van der Waals surface area contributed by atoms with E-state index in [-0.39, 0.29) is 11.8 Å². The summed E-state index contributed by atoms with van der Waals surface area (Å²) in [4.78, 5) is 34.8. The fraction of sp³-hybridized carbons (Fsp3) is 0.920. The number of nitrogens with one attached hydrogen (secondary N) is 1. The summed E-state index contributed by atoms with van der Waals surface area (Å²) in [6.07, 6.45) is 7.46. The number of hydrogen-bond acceptors (Lipinski definition) is 5. The van der Waals surface area contributed by atoms with Crippen molar-refractivity contribution in [2.45, 2.75) is 70.9 Å². The fourth-order valence-electron chi connectivity index (χ4n) is 6.97. The van der Waals surface area contributed by atoms with Crippen molar-refractivity contribution in [1.82, 2.24) is 24.9 Å². The molecule has 0 bridgehead atoms. The van der Waals surface area contributed by atoms with Crippen molar-refractivity contribution in [2.75, 3.05) is 65.4 Å². The lowest BCUT2D eigenvalue weighted by atomic mass is 9.69. The van der Waals surface area contributed by atoms with Crippen LogP contribution in [0, 0.1) is 11.8 Å². The number of rotatable bonds is 8. The number of amides is 2. The van der Waals surface area contributed by atoms with Crippen LogP contribution in [0.4, 0.5) is 0 Å². The molecule has 1 N–H and O–H groups in total. The number of likely N-dealkylation sites (tertiary alicyclic amines) is 1. The van der Waals surface area contributed by atoms with Crippen LogP contribution in [-0.4, -0.2) is 109 Å². The van der Waals surface area contributed by atoms with Crippen molar-refractivity contribution in [1.29, 1.82) is 0 Å². The van der Waals surface area contributed by atoms with Crippen molar-refractivity contribution < 1.29 is 9.59 Å². The lowest BCUT2D eigenvalue weighted by Gasteiger charge is -2.57. The summed E-state index contributed by atoms with van der Waals surface area (Å²) in [5.74, 6) is 1.64. The summed E-state index contributed by atoms with van der Waals surface area (Å²) < 4.78 is 0. The number of piperidine rings is 3. The van der Waals surface area contributed by atoms with Crippen LogP contribution in [0.2, 0.25) is 0 Å². The summed E-state index contributed by atoms with van der Waals surface area (Å²) in [5.41, 5.74) is 0. The van der Waals surface area contributed by atoms with E-state index in [0.717, 1.165) is 65.2 Å². The second-order valence-corrected chi connectivity index (χ2v) is 10.5. The SMILES string of the molecule is CCN1CCN(CCNC(=O)CCC[C@@H]2[C@H]3CCCN4CCC[C@@H](CN2C(C)=O)[C@@H]34)CC1. The van der Waals surface area contributed by atoms with Crippen molar-refractivity contribution in [2.24, 2.45) is 11.8 Å². The van der Waals surface area contributed by atoms with Crippen LogP contribution in [0.15, 0.2) is 0 Å². The highest BCUT2D eigenvalue weighted by atomic mass is 16.2. The molecule has 4 aliphatic rings. The summed E-state index contributed by atoms with van der Waals surface area (Å²) in [5, 5.41) is 3.13. The Hall–Kier alpha value is -1.18. The minimum Gasteiger partial charge on any atom is -0.355 e. The molecule has 4 saturated heterocycles. The second kappa shape index (κ2) is 11.3. The molecule has 0 radical (unpaired) electrons. The van der Waals surface area contributed by atoms with Gasteiger partial charge in [-0.05, 0) is 70.0 Å². The van der Waals surface area contributed by atoms with E-state index in [0.29, 0.717) is 30.3 Å². The predicted octanol–water partition coefficient (Wildman–Crippen LogP) is 1.63. The average Bonchev–Trinajstić information content (AvgIpc) is 2.81. The molecule has 0 aliphatic carbocycles. The Balaban J connectivity index is 1.21. The summed E-state index contributed by atoms with van der Waals surface area (Å²) >= 11 is 0. The van der Waals surface area contributed by atoms with E-state index in [9.17, 15) is 9.59 Å². The van der Waals surface area contributed by atoms with Gasteiger partial charge in [0.2, 0.25) is 11.8 Å². The second-order valence-electron chi connectivity index (χ2n) is 10.5. The molecular weight excluding hydrogens is 402 g/mol. The molecule has 4 heterocycles. The van der Waals surface area contributed by atoms with Gasteiger partial charge in [-0.3, -0.25) is 19.4 Å². The van der Waals surface area contributed by atoms with E-state index >= 15 is 0 Å². The first-order chi connectivity index (χ1) is 15.6. The maximum atomic E-state index is 12.5. The molecule has 2 amide bonds. The number of carbonyl (C=O) groups is 2. The third-order valence-corrected chi connectivity index (χ3v) is 8.64. The van der Waals surface area contributed by atoms with Crippen LogP contribution in [-0.2, 0) is 9.59 Å². The number of carbonyl (C=O) groups excluding carboxylic acids is 2. The molecule has 0 saturated carbocycles. The van der Waals surface area contributed by atoms with E-state index in [2.05, 4.69) is 31.8 Å². The molecule has 7 nitrogen and oxygen atoms in total. The fourth-order valence-corrected chi connectivity index (χ4v) is 6.97. The lowest BCUT2D eigenvalue weighted by Crippen LogP contribution is -2.65. The van der Waals surface area contributed by atoms with E-state index in [1.165, 1.54) is 38.8 Å². The third-order valence-electron chi connectivity index (χ3n) is 8.64. The molecule has 4 fully saturated rings. The molecule has 0 aromatic rings. The first kappa shape index (κ1) is 24.0.